The molecule has 2 aromatic heterocycles. The van der Waals surface area contributed by atoms with Crippen LogP contribution in [0.3, 0.4) is 0 Å². The molecule has 2 fully saturated rings. The highest BCUT2D eigenvalue weighted by molar-refractivity contribution is 5.99. The number of halogens is 4. The number of pyridine rings is 2. The molecule has 0 amide bonds. The summed E-state index contributed by atoms with van der Waals surface area (Å²) in [6.45, 7) is 1.61. The third kappa shape index (κ3) is 5.53. The van der Waals surface area contributed by atoms with Gasteiger partial charge in [-0.15, -0.1) is 5.53 Å². The van der Waals surface area contributed by atoms with Gasteiger partial charge in [-0.25, -0.2) is 4.98 Å². The third-order valence-corrected chi connectivity index (χ3v) is 9.09. The Labute approximate surface area is 267 Å². The molecule has 0 spiro atoms. The van der Waals surface area contributed by atoms with Crippen LogP contribution in [0.15, 0.2) is 72.7 Å². The maximum Gasteiger partial charge on any atom is 0.413 e. The Kier molecular flexibility index (Phi) is 7.37. The fourth-order valence-corrected chi connectivity index (χ4v) is 6.25. The minimum atomic E-state index is -4.46. The average molecular weight is 640 g/mol. The molecule has 1 aliphatic heterocycles. The van der Waals surface area contributed by atoms with Crippen LogP contribution in [0.1, 0.15) is 65.7 Å². The molecule has 4 aromatic rings. The lowest BCUT2D eigenvalue weighted by atomic mass is 9.98. The van der Waals surface area contributed by atoms with Crippen molar-refractivity contribution in [2.45, 2.75) is 56.4 Å². The number of aromatic nitrogens is 2. The molecule has 0 saturated heterocycles. The zero-order valence-electron chi connectivity index (χ0n) is 25.2. The van der Waals surface area contributed by atoms with E-state index in [0.29, 0.717) is 50.7 Å². The number of alkyl halides is 3. The molecule has 0 bridgehead atoms. The van der Waals surface area contributed by atoms with E-state index in [1.807, 2.05) is 30.3 Å². The van der Waals surface area contributed by atoms with Crippen molar-refractivity contribution in [3.8, 4) is 12.1 Å². The van der Waals surface area contributed by atoms with Gasteiger partial charge in [0.25, 0.3) is 0 Å². The number of nitrogens with zero attached hydrogens (tertiary/aromatic N) is 5. The molecule has 2 aromatic carbocycles. The zero-order valence-corrected chi connectivity index (χ0v) is 25.2. The summed E-state index contributed by atoms with van der Waals surface area (Å²) < 4.78 is 56.0. The average Bonchev–Trinajstić information content (AvgIpc) is 4.00. The Morgan fingerprint density at radius 2 is 1.77 bits per heavy atom. The summed E-state index contributed by atoms with van der Waals surface area (Å²) in [6, 6.07) is 19.5. The van der Waals surface area contributed by atoms with Crippen molar-refractivity contribution in [1.82, 2.24) is 25.9 Å². The number of hydrazine groups is 2. The number of benzene rings is 2. The summed E-state index contributed by atoms with van der Waals surface area (Å²) in [6.07, 6.45) is 0.287. The van der Waals surface area contributed by atoms with Crippen LogP contribution in [-0.4, -0.2) is 26.7 Å². The molecule has 47 heavy (non-hydrogen) atoms. The van der Waals surface area contributed by atoms with E-state index in [-0.39, 0.29) is 24.4 Å². The van der Waals surface area contributed by atoms with Gasteiger partial charge in [0.2, 0.25) is 5.95 Å². The van der Waals surface area contributed by atoms with Gasteiger partial charge in [0.15, 0.2) is 5.54 Å². The number of nitriles is 2. The van der Waals surface area contributed by atoms with Gasteiger partial charge >= 0.3 is 6.18 Å². The van der Waals surface area contributed by atoms with Crippen LogP contribution in [0.2, 0.25) is 0 Å². The smallest absolute Gasteiger partial charge is 0.376 e. The maximum atomic E-state index is 14.1. The van der Waals surface area contributed by atoms with Gasteiger partial charge in [0.05, 0.1) is 40.1 Å². The topological polar surface area (TPSA) is 125 Å². The van der Waals surface area contributed by atoms with Gasteiger partial charge in [-0.3, -0.25) is 9.99 Å². The van der Waals surface area contributed by atoms with E-state index in [1.54, 1.807) is 19.1 Å². The van der Waals surface area contributed by atoms with Gasteiger partial charge < -0.3 is 16.1 Å². The molecule has 7 rings (SSSR count). The van der Waals surface area contributed by atoms with Crippen molar-refractivity contribution in [3.63, 3.8) is 0 Å². The zero-order chi connectivity index (χ0) is 32.9. The number of anilines is 2. The summed E-state index contributed by atoms with van der Waals surface area (Å²) in [5.74, 6) is -0.330. The molecule has 4 N–H and O–H groups in total. The standard InChI is InChI=1S/C34H29F4N9/c1-19-25(9-10-28(35)42-19)32(27-18-47(46-45-27)33(11-12-33)34(36,37)38)43-24-13-22(15-39)30-26(14-24)31(23(16-40)17-41-30)44-29(21-7-8-21)20-5-3-2-4-6-20/h2-6,9-10,13-14,17-18,21,29,32,43,45-46H,7-8,11-12H2,1H3,(H,41,44)/t29-,32-/m0/s1. The summed E-state index contributed by atoms with van der Waals surface area (Å²) >= 11 is 0. The molecular formula is C34H29F4N9. The monoisotopic (exact) mass is 639 g/mol. The fraction of sp³-hybridized carbons (Fsp3) is 0.294. The van der Waals surface area contributed by atoms with Crippen LogP contribution in [0.4, 0.5) is 28.9 Å². The lowest BCUT2D eigenvalue weighted by Gasteiger charge is -2.28. The first-order valence-corrected chi connectivity index (χ1v) is 15.2. The quantitative estimate of drug-likeness (QED) is 0.116. The molecule has 0 unspecified atom stereocenters. The van der Waals surface area contributed by atoms with E-state index in [2.05, 4.69) is 43.7 Å². The van der Waals surface area contributed by atoms with E-state index in [4.69, 9.17) is 0 Å². The molecule has 2 saturated carbocycles. The fourth-order valence-electron chi connectivity index (χ4n) is 6.25. The van der Waals surface area contributed by atoms with E-state index in [9.17, 15) is 28.1 Å². The van der Waals surface area contributed by atoms with Crippen LogP contribution < -0.4 is 21.6 Å². The lowest BCUT2D eigenvalue weighted by Crippen LogP contribution is -2.52. The Morgan fingerprint density at radius 3 is 2.40 bits per heavy atom. The first kappa shape index (κ1) is 30.3. The second-order valence-corrected chi connectivity index (χ2v) is 12.2. The number of hydrogen-bond donors (Lipinski definition) is 4. The van der Waals surface area contributed by atoms with E-state index in [1.165, 1.54) is 24.5 Å². The van der Waals surface area contributed by atoms with E-state index in [0.717, 1.165) is 23.4 Å². The predicted molar refractivity (Wildman–Crippen MR) is 166 cm³/mol. The summed E-state index contributed by atoms with van der Waals surface area (Å²) in [5.41, 5.74) is 7.60. The van der Waals surface area contributed by atoms with Gasteiger partial charge in [0, 0.05) is 34.7 Å². The van der Waals surface area contributed by atoms with E-state index < -0.39 is 23.7 Å². The van der Waals surface area contributed by atoms with Crippen molar-refractivity contribution in [2.75, 3.05) is 10.6 Å². The molecule has 3 heterocycles. The summed E-state index contributed by atoms with van der Waals surface area (Å²) in [7, 11) is 0. The Hall–Kier alpha value is -5.40. The second-order valence-electron chi connectivity index (χ2n) is 12.2. The normalized spacial score (nSPS) is 18.0. The molecule has 9 nitrogen and oxygen atoms in total. The molecule has 238 valence electrons. The summed E-state index contributed by atoms with van der Waals surface area (Å²) in [5, 5.41) is 28.8. The summed E-state index contributed by atoms with van der Waals surface area (Å²) in [4.78, 5) is 8.41. The third-order valence-electron chi connectivity index (χ3n) is 9.09. The molecule has 2 aliphatic carbocycles. The van der Waals surface area contributed by atoms with Crippen LogP contribution in [0.25, 0.3) is 10.9 Å². The second kappa shape index (κ2) is 11.4. The van der Waals surface area contributed by atoms with Gasteiger partial charge in [-0.2, -0.15) is 28.1 Å². The van der Waals surface area contributed by atoms with Crippen molar-refractivity contribution < 1.29 is 17.6 Å². The van der Waals surface area contributed by atoms with Crippen molar-refractivity contribution in [1.29, 1.82) is 10.5 Å². The molecular weight excluding hydrogens is 610 g/mol. The Morgan fingerprint density at radius 1 is 1.02 bits per heavy atom. The van der Waals surface area contributed by atoms with Crippen molar-refractivity contribution in [3.05, 3.63) is 107 Å². The molecule has 13 heteroatoms. The van der Waals surface area contributed by atoms with Crippen LogP contribution >= 0.6 is 0 Å². The predicted octanol–water partition coefficient (Wildman–Crippen LogP) is 6.80. The molecule has 0 radical (unpaired) electrons. The molecule has 2 atom stereocenters. The highest BCUT2D eigenvalue weighted by Gasteiger charge is 2.67. The molecule has 3 aliphatic rings. The van der Waals surface area contributed by atoms with Crippen molar-refractivity contribution in [2.24, 2.45) is 5.92 Å². The number of hydrogen-bond acceptors (Lipinski definition) is 9. The van der Waals surface area contributed by atoms with Crippen LogP contribution in [0.5, 0.6) is 0 Å². The Bertz CT molecular complexity index is 1970. The number of fused-ring (bicyclic) bond motifs is 1. The number of nitrogens with one attached hydrogen (secondary N) is 4. The minimum Gasteiger partial charge on any atom is -0.376 e. The Balaban J connectivity index is 1.32. The number of aryl methyl sites for hydroxylation is 1. The van der Waals surface area contributed by atoms with Gasteiger partial charge in [-0.05, 0) is 62.3 Å². The SMILES string of the molecule is Cc1nc(F)ccc1[C@H](Nc1cc(C#N)c2ncc(C#N)c(N[C@@H](c3ccccc3)C3CC3)c2c1)C1=CN(C2(C(F)(F)F)CC2)NN1. The number of rotatable bonds is 9. The van der Waals surface area contributed by atoms with Gasteiger partial charge in [0.1, 0.15) is 12.1 Å². The largest absolute Gasteiger partial charge is 0.413 e. The van der Waals surface area contributed by atoms with E-state index >= 15 is 0 Å². The first-order chi connectivity index (χ1) is 22.6. The first-order valence-electron chi connectivity index (χ1n) is 15.2. The van der Waals surface area contributed by atoms with Crippen LogP contribution in [0, 0.1) is 41.5 Å². The highest BCUT2D eigenvalue weighted by atomic mass is 19.4. The van der Waals surface area contributed by atoms with Crippen LogP contribution in [-0.2, 0) is 0 Å². The minimum absolute atomic E-state index is 0.0603. The van der Waals surface area contributed by atoms with Gasteiger partial charge in [-0.1, -0.05) is 36.4 Å². The maximum absolute atomic E-state index is 14.1. The highest BCUT2D eigenvalue weighted by Crippen LogP contribution is 2.54. The lowest BCUT2D eigenvalue weighted by molar-refractivity contribution is -0.195. The van der Waals surface area contributed by atoms with Crippen molar-refractivity contribution >= 4 is 22.3 Å².